The average molecular weight is 536 g/mol. The van der Waals surface area contributed by atoms with Crippen LogP contribution in [0.1, 0.15) is 61.1 Å². The predicted molar refractivity (Wildman–Crippen MR) is 144 cm³/mol. The standard InChI is InChI=1S/C28H33N5O6/c1-28(2,3)39-27(35)31-14-12-20(13-15-31)25-24(26(34)29-17-19-6-5-7-23(16-19)38-4)18-30-32(25)21-8-10-22(11-9-21)33(36)37/h5-11,16,18,20H,12-15,17H2,1-4H3,(H,29,34). The molecule has 1 aromatic heterocycles. The summed E-state index contributed by atoms with van der Waals surface area (Å²) in [4.78, 5) is 38.3. The molecule has 2 amide bonds. The zero-order valence-corrected chi connectivity index (χ0v) is 22.5. The molecule has 1 N–H and O–H groups in total. The Hall–Kier alpha value is -4.41. The molecule has 0 atom stereocenters. The zero-order valence-electron chi connectivity index (χ0n) is 22.5. The monoisotopic (exact) mass is 535 g/mol. The van der Waals surface area contributed by atoms with Gasteiger partial charge in [-0.2, -0.15) is 5.10 Å². The fraction of sp³-hybridized carbons (Fsp3) is 0.393. The summed E-state index contributed by atoms with van der Waals surface area (Å²) >= 11 is 0. The number of carbonyl (C=O) groups is 2. The van der Waals surface area contributed by atoms with E-state index in [9.17, 15) is 19.7 Å². The Bertz CT molecular complexity index is 1340. The summed E-state index contributed by atoms with van der Waals surface area (Å²) in [6, 6.07) is 13.5. The van der Waals surface area contributed by atoms with Gasteiger partial charge in [-0.15, -0.1) is 0 Å². The molecule has 0 radical (unpaired) electrons. The van der Waals surface area contributed by atoms with Crippen molar-refractivity contribution in [2.75, 3.05) is 20.2 Å². The van der Waals surface area contributed by atoms with E-state index in [1.807, 2.05) is 45.0 Å². The maximum absolute atomic E-state index is 13.4. The van der Waals surface area contributed by atoms with Crippen molar-refractivity contribution in [3.05, 3.63) is 81.7 Å². The SMILES string of the molecule is COc1cccc(CNC(=O)c2cnn(-c3ccc([N+](=O)[O-])cc3)c2C2CCN(C(=O)OC(C)(C)C)CC2)c1. The van der Waals surface area contributed by atoms with Crippen LogP contribution in [0.3, 0.4) is 0 Å². The molecule has 206 valence electrons. The Labute approximate surface area is 226 Å². The first-order valence-electron chi connectivity index (χ1n) is 12.8. The van der Waals surface area contributed by atoms with Gasteiger partial charge < -0.3 is 19.7 Å². The van der Waals surface area contributed by atoms with Gasteiger partial charge in [-0.25, -0.2) is 9.48 Å². The highest BCUT2D eigenvalue weighted by molar-refractivity contribution is 5.95. The summed E-state index contributed by atoms with van der Waals surface area (Å²) < 4.78 is 12.5. The van der Waals surface area contributed by atoms with Crippen molar-refractivity contribution < 1.29 is 24.0 Å². The number of non-ortho nitro benzene ring substituents is 1. The maximum Gasteiger partial charge on any atom is 0.410 e. The number of hydrogen-bond donors (Lipinski definition) is 1. The van der Waals surface area contributed by atoms with E-state index in [0.29, 0.717) is 55.2 Å². The van der Waals surface area contributed by atoms with Gasteiger partial charge >= 0.3 is 6.09 Å². The van der Waals surface area contributed by atoms with Gasteiger partial charge in [0.1, 0.15) is 11.4 Å². The van der Waals surface area contributed by atoms with Crippen LogP contribution in [0.4, 0.5) is 10.5 Å². The molecule has 1 aliphatic heterocycles. The van der Waals surface area contributed by atoms with E-state index < -0.39 is 10.5 Å². The van der Waals surface area contributed by atoms with Gasteiger partial charge in [0.05, 0.1) is 35.2 Å². The van der Waals surface area contributed by atoms with Crippen molar-refractivity contribution in [2.45, 2.75) is 51.7 Å². The Morgan fingerprint density at radius 1 is 1.13 bits per heavy atom. The van der Waals surface area contributed by atoms with Gasteiger partial charge in [0.2, 0.25) is 0 Å². The number of rotatable bonds is 7. The second-order valence-corrected chi connectivity index (χ2v) is 10.4. The molecule has 0 spiro atoms. The molecule has 11 heteroatoms. The molecule has 0 aliphatic carbocycles. The van der Waals surface area contributed by atoms with Crippen LogP contribution in [0.15, 0.2) is 54.7 Å². The molecule has 2 aromatic carbocycles. The van der Waals surface area contributed by atoms with Gasteiger partial charge in [-0.3, -0.25) is 14.9 Å². The van der Waals surface area contributed by atoms with Crippen LogP contribution in [0.25, 0.3) is 5.69 Å². The van der Waals surface area contributed by atoms with Crippen molar-refractivity contribution in [3.63, 3.8) is 0 Å². The molecule has 11 nitrogen and oxygen atoms in total. The third-order valence-corrected chi connectivity index (χ3v) is 6.48. The molecule has 3 aromatic rings. The summed E-state index contributed by atoms with van der Waals surface area (Å²) in [7, 11) is 1.59. The van der Waals surface area contributed by atoms with Crippen molar-refractivity contribution in [1.82, 2.24) is 20.0 Å². The highest BCUT2D eigenvalue weighted by Gasteiger charge is 2.32. The van der Waals surface area contributed by atoms with Crippen molar-refractivity contribution in [3.8, 4) is 11.4 Å². The number of aromatic nitrogens is 2. The first-order chi connectivity index (χ1) is 18.6. The van der Waals surface area contributed by atoms with E-state index in [2.05, 4.69) is 10.4 Å². The maximum atomic E-state index is 13.4. The number of methoxy groups -OCH3 is 1. The van der Waals surface area contributed by atoms with Gasteiger partial charge in [0.15, 0.2) is 0 Å². The Balaban J connectivity index is 1.58. The second-order valence-electron chi connectivity index (χ2n) is 10.4. The molecule has 1 saturated heterocycles. The minimum atomic E-state index is -0.587. The number of carbonyl (C=O) groups excluding carboxylic acids is 2. The lowest BCUT2D eigenvalue weighted by Gasteiger charge is -2.34. The van der Waals surface area contributed by atoms with Crippen LogP contribution in [0, 0.1) is 10.1 Å². The molecule has 0 saturated carbocycles. The number of nitro groups is 1. The summed E-state index contributed by atoms with van der Waals surface area (Å²) in [5, 5.41) is 18.6. The van der Waals surface area contributed by atoms with E-state index in [1.54, 1.807) is 28.8 Å². The van der Waals surface area contributed by atoms with E-state index in [1.165, 1.54) is 18.3 Å². The average Bonchev–Trinajstić information content (AvgIpc) is 3.36. The fourth-order valence-corrected chi connectivity index (χ4v) is 4.57. The Morgan fingerprint density at radius 2 is 1.82 bits per heavy atom. The Kier molecular flexibility index (Phi) is 8.18. The molecular formula is C28H33N5O6. The summed E-state index contributed by atoms with van der Waals surface area (Å²) in [6.45, 7) is 6.73. The van der Waals surface area contributed by atoms with Gasteiger partial charge in [-0.05, 0) is 63.4 Å². The third kappa shape index (κ3) is 6.73. The van der Waals surface area contributed by atoms with Gasteiger partial charge in [-0.1, -0.05) is 12.1 Å². The number of ether oxygens (including phenoxy) is 2. The summed E-state index contributed by atoms with van der Waals surface area (Å²) in [5.41, 5.74) is 2.00. The van der Waals surface area contributed by atoms with Crippen LogP contribution >= 0.6 is 0 Å². The molecular weight excluding hydrogens is 502 g/mol. The second kappa shape index (κ2) is 11.5. The smallest absolute Gasteiger partial charge is 0.410 e. The van der Waals surface area contributed by atoms with Crippen LogP contribution < -0.4 is 10.1 Å². The van der Waals surface area contributed by atoms with E-state index in [-0.39, 0.29) is 23.6 Å². The highest BCUT2D eigenvalue weighted by atomic mass is 16.6. The lowest BCUT2D eigenvalue weighted by Crippen LogP contribution is -2.41. The van der Waals surface area contributed by atoms with Crippen molar-refractivity contribution in [2.24, 2.45) is 0 Å². The van der Waals surface area contributed by atoms with Gasteiger partial charge in [0, 0.05) is 37.7 Å². The highest BCUT2D eigenvalue weighted by Crippen LogP contribution is 2.33. The van der Waals surface area contributed by atoms with Crippen LogP contribution in [0.5, 0.6) is 5.75 Å². The fourth-order valence-electron chi connectivity index (χ4n) is 4.57. The number of hydrogen-bond acceptors (Lipinski definition) is 7. The lowest BCUT2D eigenvalue weighted by molar-refractivity contribution is -0.384. The minimum Gasteiger partial charge on any atom is -0.497 e. The topological polar surface area (TPSA) is 129 Å². The Morgan fingerprint density at radius 3 is 2.44 bits per heavy atom. The number of nitro benzene ring substituents is 1. The molecule has 1 aliphatic rings. The number of benzene rings is 2. The number of amides is 2. The number of nitrogens with one attached hydrogen (secondary N) is 1. The zero-order chi connectivity index (χ0) is 28.2. The molecule has 1 fully saturated rings. The normalized spacial score (nSPS) is 14.1. The summed E-state index contributed by atoms with van der Waals surface area (Å²) in [5.74, 6) is 0.347. The number of nitrogens with zero attached hydrogens (tertiary/aromatic N) is 4. The first kappa shape index (κ1) is 27.6. The first-order valence-corrected chi connectivity index (χ1v) is 12.8. The summed E-state index contributed by atoms with van der Waals surface area (Å²) in [6.07, 6.45) is 2.38. The number of piperidine rings is 1. The lowest BCUT2D eigenvalue weighted by atomic mass is 9.90. The molecule has 39 heavy (non-hydrogen) atoms. The van der Waals surface area contributed by atoms with E-state index in [4.69, 9.17) is 9.47 Å². The molecule has 4 rings (SSSR count). The number of likely N-dealkylation sites (tertiary alicyclic amines) is 1. The molecule has 2 heterocycles. The molecule has 0 bridgehead atoms. The minimum absolute atomic E-state index is 0.0330. The van der Waals surface area contributed by atoms with Crippen LogP contribution in [-0.4, -0.2) is 57.4 Å². The van der Waals surface area contributed by atoms with E-state index in [0.717, 1.165) is 5.56 Å². The van der Waals surface area contributed by atoms with Gasteiger partial charge in [0.25, 0.3) is 11.6 Å². The van der Waals surface area contributed by atoms with Crippen molar-refractivity contribution >= 4 is 17.7 Å². The predicted octanol–water partition coefficient (Wildman–Crippen LogP) is 4.83. The van der Waals surface area contributed by atoms with Crippen LogP contribution in [-0.2, 0) is 11.3 Å². The third-order valence-electron chi connectivity index (χ3n) is 6.48. The van der Waals surface area contributed by atoms with Crippen molar-refractivity contribution in [1.29, 1.82) is 0 Å². The molecule has 0 unspecified atom stereocenters. The quantitative estimate of drug-likeness (QED) is 0.339. The van der Waals surface area contributed by atoms with Crippen LogP contribution in [0.2, 0.25) is 0 Å². The van der Waals surface area contributed by atoms with E-state index >= 15 is 0 Å². The largest absolute Gasteiger partial charge is 0.497 e.